The van der Waals surface area contributed by atoms with E-state index in [9.17, 15) is 14.9 Å². The molecule has 0 aliphatic heterocycles. The van der Waals surface area contributed by atoms with Gasteiger partial charge in [-0.25, -0.2) is 0 Å². The van der Waals surface area contributed by atoms with Crippen LogP contribution in [0.15, 0.2) is 12.1 Å². The maximum absolute atomic E-state index is 11.1. The standard InChI is InChI=1S/C13H17NO7/c1-8(15)21-9(2)20-7-10-5-12(18-3)13(19-4)6-11(10)14(16)17/h5-6,9H,7H2,1-4H3. The molecular weight excluding hydrogens is 282 g/mol. The third-order valence-corrected chi connectivity index (χ3v) is 2.59. The number of hydrogen-bond acceptors (Lipinski definition) is 7. The fraction of sp³-hybridized carbons (Fsp3) is 0.462. The lowest BCUT2D eigenvalue weighted by Gasteiger charge is -2.14. The fourth-order valence-electron chi connectivity index (χ4n) is 1.67. The van der Waals surface area contributed by atoms with E-state index >= 15 is 0 Å². The van der Waals surface area contributed by atoms with Crippen molar-refractivity contribution in [2.45, 2.75) is 26.7 Å². The molecule has 0 amide bonds. The highest BCUT2D eigenvalue weighted by Gasteiger charge is 2.20. The van der Waals surface area contributed by atoms with Crippen LogP contribution in [0.4, 0.5) is 5.69 Å². The van der Waals surface area contributed by atoms with Gasteiger partial charge < -0.3 is 18.9 Å². The number of nitro groups is 1. The summed E-state index contributed by atoms with van der Waals surface area (Å²) in [6.45, 7) is 2.66. The Bertz CT molecular complexity index is 529. The highest BCUT2D eigenvalue weighted by Crippen LogP contribution is 2.34. The van der Waals surface area contributed by atoms with Crippen molar-refractivity contribution in [3.8, 4) is 11.5 Å². The molecule has 1 aromatic carbocycles. The molecule has 0 heterocycles. The summed E-state index contributed by atoms with van der Waals surface area (Å²) in [6.07, 6.45) is -0.810. The van der Waals surface area contributed by atoms with Gasteiger partial charge in [0.25, 0.3) is 5.69 Å². The van der Waals surface area contributed by atoms with Gasteiger partial charge in [0.15, 0.2) is 17.8 Å². The number of carbonyl (C=O) groups is 1. The molecular formula is C13H17NO7. The highest BCUT2D eigenvalue weighted by molar-refractivity contribution is 5.66. The molecule has 1 atom stereocenters. The Kier molecular flexibility index (Phi) is 5.92. The number of nitro benzene ring substituents is 1. The van der Waals surface area contributed by atoms with E-state index < -0.39 is 17.2 Å². The van der Waals surface area contributed by atoms with E-state index in [-0.39, 0.29) is 23.6 Å². The average Bonchev–Trinajstić information content (AvgIpc) is 2.43. The molecule has 0 radical (unpaired) electrons. The Morgan fingerprint density at radius 2 is 1.86 bits per heavy atom. The summed E-state index contributed by atoms with van der Waals surface area (Å²) in [5.74, 6) is 0.104. The lowest BCUT2D eigenvalue weighted by molar-refractivity contribution is -0.386. The second-order valence-corrected chi connectivity index (χ2v) is 4.08. The van der Waals surface area contributed by atoms with Gasteiger partial charge in [-0.2, -0.15) is 0 Å². The van der Waals surface area contributed by atoms with Gasteiger partial charge in [-0.3, -0.25) is 14.9 Å². The van der Waals surface area contributed by atoms with Crippen LogP contribution in [0.3, 0.4) is 0 Å². The summed E-state index contributed by atoms with van der Waals surface area (Å²) in [6, 6.07) is 2.71. The first-order valence-corrected chi connectivity index (χ1v) is 6.07. The van der Waals surface area contributed by atoms with E-state index in [2.05, 4.69) is 0 Å². The molecule has 1 aromatic rings. The SMILES string of the molecule is COc1cc(COC(C)OC(C)=O)c([N+](=O)[O-])cc1OC. The summed E-state index contributed by atoms with van der Waals surface area (Å²) < 4.78 is 20.2. The van der Waals surface area contributed by atoms with Crippen LogP contribution in [0.25, 0.3) is 0 Å². The fourth-order valence-corrected chi connectivity index (χ4v) is 1.67. The van der Waals surface area contributed by atoms with Crippen molar-refractivity contribution in [2.75, 3.05) is 14.2 Å². The number of esters is 1. The molecule has 0 spiro atoms. The molecule has 0 aliphatic carbocycles. The zero-order valence-corrected chi connectivity index (χ0v) is 12.2. The summed E-state index contributed by atoms with van der Waals surface area (Å²) in [4.78, 5) is 21.3. The molecule has 1 unspecified atom stereocenters. The molecule has 0 saturated carbocycles. The van der Waals surface area contributed by atoms with Crippen molar-refractivity contribution >= 4 is 11.7 Å². The quantitative estimate of drug-likeness (QED) is 0.329. The monoisotopic (exact) mass is 299 g/mol. The topological polar surface area (TPSA) is 97.1 Å². The van der Waals surface area contributed by atoms with Crippen LogP contribution in [0.5, 0.6) is 11.5 Å². The van der Waals surface area contributed by atoms with E-state index in [0.29, 0.717) is 5.75 Å². The molecule has 21 heavy (non-hydrogen) atoms. The summed E-state index contributed by atoms with van der Waals surface area (Å²) >= 11 is 0. The lowest BCUT2D eigenvalue weighted by Crippen LogP contribution is -2.16. The van der Waals surface area contributed by atoms with Gasteiger partial charge >= 0.3 is 5.97 Å². The molecule has 0 N–H and O–H groups in total. The number of ether oxygens (including phenoxy) is 4. The van der Waals surface area contributed by atoms with E-state index in [0.717, 1.165) is 0 Å². The molecule has 0 aromatic heterocycles. The van der Waals surface area contributed by atoms with Crippen molar-refractivity contribution < 1.29 is 28.7 Å². The van der Waals surface area contributed by atoms with Gasteiger partial charge in [0.1, 0.15) is 0 Å². The predicted octanol–water partition coefficient (Wildman–Crippen LogP) is 2.04. The Morgan fingerprint density at radius 3 is 2.33 bits per heavy atom. The maximum Gasteiger partial charge on any atom is 0.304 e. The second kappa shape index (κ2) is 7.44. The Morgan fingerprint density at radius 1 is 1.29 bits per heavy atom. The van der Waals surface area contributed by atoms with Crippen LogP contribution in [-0.2, 0) is 20.9 Å². The largest absolute Gasteiger partial charge is 0.493 e. The van der Waals surface area contributed by atoms with Gasteiger partial charge in [0.2, 0.25) is 0 Å². The van der Waals surface area contributed by atoms with E-state index in [4.69, 9.17) is 18.9 Å². The summed E-state index contributed by atoms with van der Waals surface area (Å²) in [5.41, 5.74) is 0.124. The predicted molar refractivity (Wildman–Crippen MR) is 72.2 cm³/mol. The van der Waals surface area contributed by atoms with Crippen LogP contribution in [0.2, 0.25) is 0 Å². The Labute approximate surface area is 121 Å². The lowest BCUT2D eigenvalue weighted by atomic mass is 10.1. The number of nitrogens with zero attached hydrogens (tertiary/aromatic N) is 1. The smallest absolute Gasteiger partial charge is 0.304 e. The number of hydrogen-bond donors (Lipinski definition) is 0. The third-order valence-electron chi connectivity index (χ3n) is 2.59. The first-order chi connectivity index (χ1) is 9.88. The van der Waals surface area contributed by atoms with Crippen molar-refractivity contribution in [3.05, 3.63) is 27.8 Å². The first-order valence-electron chi connectivity index (χ1n) is 6.07. The van der Waals surface area contributed by atoms with E-state index in [1.165, 1.54) is 40.2 Å². The number of benzene rings is 1. The van der Waals surface area contributed by atoms with Crippen molar-refractivity contribution in [1.82, 2.24) is 0 Å². The van der Waals surface area contributed by atoms with Crippen LogP contribution in [0, 0.1) is 10.1 Å². The number of methoxy groups -OCH3 is 2. The molecule has 0 bridgehead atoms. The molecule has 116 valence electrons. The van der Waals surface area contributed by atoms with Crippen LogP contribution < -0.4 is 9.47 Å². The third kappa shape index (κ3) is 4.60. The summed E-state index contributed by atoms with van der Waals surface area (Å²) in [5, 5.41) is 11.1. The highest BCUT2D eigenvalue weighted by atomic mass is 16.7. The molecule has 0 fully saturated rings. The normalized spacial score (nSPS) is 11.6. The van der Waals surface area contributed by atoms with Crippen LogP contribution in [0.1, 0.15) is 19.4 Å². The van der Waals surface area contributed by atoms with Gasteiger partial charge in [-0.05, 0) is 13.0 Å². The van der Waals surface area contributed by atoms with Crippen LogP contribution >= 0.6 is 0 Å². The zero-order chi connectivity index (χ0) is 16.0. The van der Waals surface area contributed by atoms with Crippen molar-refractivity contribution in [2.24, 2.45) is 0 Å². The number of carbonyl (C=O) groups excluding carboxylic acids is 1. The zero-order valence-electron chi connectivity index (χ0n) is 12.2. The molecule has 1 rings (SSSR count). The minimum absolute atomic E-state index is 0.106. The molecule has 8 nitrogen and oxygen atoms in total. The maximum atomic E-state index is 11.1. The van der Waals surface area contributed by atoms with Gasteiger partial charge in [0.05, 0.1) is 37.4 Å². The average molecular weight is 299 g/mol. The molecule has 8 heteroatoms. The van der Waals surface area contributed by atoms with E-state index in [1.807, 2.05) is 0 Å². The summed E-state index contributed by atoms with van der Waals surface area (Å²) in [7, 11) is 2.82. The Balaban J connectivity index is 2.98. The first kappa shape index (κ1) is 16.7. The van der Waals surface area contributed by atoms with Crippen molar-refractivity contribution in [3.63, 3.8) is 0 Å². The van der Waals surface area contributed by atoms with Gasteiger partial charge in [-0.15, -0.1) is 0 Å². The Hall–Kier alpha value is -2.35. The van der Waals surface area contributed by atoms with Gasteiger partial charge in [0, 0.05) is 6.92 Å². The van der Waals surface area contributed by atoms with Gasteiger partial charge in [-0.1, -0.05) is 0 Å². The molecule has 0 saturated heterocycles. The minimum Gasteiger partial charge on any atom is -0.493 e. The molecule has 0 aliphatic rings. The van der Waals surface area contributed by atoms with Crippen LogP contribution in [-0.4, -0.2) is 31.4 Å². The van der Waals surface area contributed by atoms with Crippen molar-refractivity contribution in [1.29, 1.82) is 0 Å². The minimum atomic E-state index is -0.810. The second-order valence-electron chi connectivity index (χ2n) is 4.08. The number of rotatable bonds is 7. The van der Waals surface area contributed by atoms with E-state index in [1.54, 1.807) is 0 Å².